The summed E-state index contributed by atoms with van der Waals surface area (Å²) in [5.74, 6) is 0.378. The van der Waals surface area contributed by atoms with Crippen molar-refractivity contribution >= 4 is 5.91 Å². The van der Waals surface area contributed by atoms with Crippen LogP contribution in [0.15, 0.2) is 24.3 Å². The predicted octanol–water partition coefficient (Wildman–Crippen LogP) is 1.96. The first-order valence-electron chi connectivity index (χ1n) is 9.02. The minimum Gasteiger partial charge on any atom is -0.379 e. The summed E-state index contributed by atoms with van der Waals surface area (Å²) >= 11 is 0. The number of halogens is 1. The van der Waals surface area contributed by atoms with E-state index in [1.165, 1.54) is 18.9 Å². The van der Waals surface area contributed by atoms with Crippen molar-refractivity contribution < 1.29 is 18.7 Å². The molecule has 0 bridgehead atoms. The van der Waals surface area contributed by atoms with Crippen molar-refractivity contribution in [2.24, 2.45) is 5.92 Å². The Morgan fingerprint density at radius 1 is 1.36 bits per heavy atom. The maximum atomic E-state index is 13.7. The van der Waals surface area contributed by atoms with Crippen LogP contribution in [0.25, 0.3) is 0 Å². The Hall–Kier alpha value is -1.50. The standard InChI is InChI=1S/C19H27FN2O3/c1-22(10-15-4-2-3-5-16(15)20)11-19(23)21-17-8-9-24-13-18(17)25-12-14-6-7-14/h2-5,14,17-18H,6-13H2,1H3,(H,21,23)/t17-,18-/m1/s1. The van der Waals surface area contributed by atoms with Gasteiger partial charge in [-0.2, -0.15) is 0 Å². The molecule has 0 radical (unpaired) electrons. The zero-order chi connectivity index (χ0) is 17.6. The van der Waals surface area contributed by atoms with Crippen LogP contribution in [0.5, 0.6) is 0 Å². The lowest BCUT2D eigenvalue weighted by Crippen LogP contribution is -2.52. The molecule has 6 heteroatoms. The Morgan fingerprint density at radius 2 is 2.16 bits per heavy atom. The van der Waals surface area contributed by atoms with Gasteiger partial charge >= 0.3 is 0 Å². The summed E-state index contributed by atoms with van der Waals surface area (Å²) in [6, 6.07) is 6.63. The number of hydrogen-bond donors (Lipinski definition) is 1. The number of ether oxygens (including phenoxy) is 2. The van der Waals surface area contributed by atoms with Crippen LogP contribution < -0.4 is 5.32 Å². The van der Waals surface area contributed by atoms with Gasteiger partial charge in [-0.15, -0.1) is 0 Å². The maximum Gasteiger partial charge on any atom is 0.234 e. The molecule has 1 aliphatic carbocycles. The molecular weight excluding hydrogens is 323 g/mol. The monoisotopic (exact) mass is 350 g/mol. The fourth-order valence-corrected chi connectivity index (χ4v) is 3.06. The molecule has 2 fully saturated rings. The number of carbonyl (C=O) groups excluding carboxylic acids is 1. The molecule has 0 spiro atoms. The number of nitrogens with zero attached hydrogens (tertiary/aromatic N) is 1. The fraction of sp³-hybridized carbons (Fsp3) is 0.632. The average Bonchev–Trinajstić information content (AvgIpc) is 3.40. The molecule has 1 aromatic rings. The van der Waals surface area contributed by atoms with Crippen LogP contribution >= 0.6 is 0 Å². The minimum atomic E-state index is -0.243. The summed E-state index contributed by atoms with van der Waals surface area (Å²) < 4.78 is 25.1. The summed E-state index contributed by atoms with van der Waals surface area (Å²) in [6.45, 7) is 2.55. The normalized spacial score (nSPS) is 23.6. The van der Waals surface area contributed by atoms with E-state index in [0.29, 0.717) is 31.2 Å². The van der Waals surface area contributed by atoms with Gasteiger partial charge in [-0.1, -0.05) is 18.2 Å². The number of nitrogens with one attached hydrogen (secondary N) is 1. The summed E-state index contributed by atoms with van der Waals surface area (Å²) in [7, 11) is 1.82. The number of hydrogen-bond acceptors (Lipinski definition) is 4. The van der Waals surface area contributed by atoms with Crippen molar-refractivity contribution in [3.63, 3.8) is 0 Å². The van der Waals surface area contributed by atoms with Crippen LogP contribution in [0.2, 0.25) is 0 Å². The molecule has 0 aromatic heterocycles. The summed E-state index contributed by atoms with van der Waals surface area (Å²) in [4.78, 5) is 14.2. The highest BCUT2D eigenvalue weighted by Crippen LogP contribution is 2.29. The Balaban J connectivity index is 1.45. The lowest BCUT2D eigenvalue weighted by molar-refractivity contribution is -0.127. The van der Waals surface area contributed by atoms with E-state index in [4.69, 9.17) is 9.47 Å². The molecular formula is C19H27FN2O3. The molecule has 25 heavy (non-hydrogen) atoms. The van der Waals surface area contributed by atoms with Crippen molar-refractivity contribution in [3.05, 3.63) is 35.6 Å². The highest BCUT2D eigenvalue weighted by atomic mass is 19.1. The quantitative estimate of drug-likeness (QED) is 0.779. The van der Waals surface area contributed by atoms with Crippen LogP contribution in [0.4, 0.5) is 4.39 Å². The van der Waals surface area contributed by atoms with Crippen LogP contribution in [0.1, 0.15) is 24.8 Å². The maximum absolute atomic E-state index is 13.7. The van der Waals surface area contributed by atoms with Crippen LogP contribution in [0, 0.1) is 11.7 Å². The van der Waals surface area contributed by atoms with Gasteiger partial charge in [-0.3, -0.25) is 9.69 Å². The zero-order valence-electron chi connectivity index (χ0n) is 14.7. The summed E-state index contributed by atoms with van der Waals surface area (Å²) in [5.41, 5.74) is 0.592. The first-order chi connectivity index (χ1) is 12.1. The van der Waals surface area contributed by atoms with Gasteiger partial charge in [0.15, 0.2) is 0 Å². The van der Waals surface area contributed by atoms with Crippen LogP contribution in [0.3, 0.4) is 0 Å². The van der Waals surface area contributed by atoms with E-state index in [-0.39, 0.29) is 30.4 Å². The van der Waals surface area contributed by atoms with Crippen molar-refractivity contribution in [1.82, 2.24) is 10.2 Å². The first kappa shape index (κ1) is 18.3. The summed E-state index contributed by atoms with van der Waals surface area (Å²) in [6.07, 6.45) is 3.17. The fourth-order valence-electron chi connectivity index (χ4n) is 3.06. The molecule has 1 N–H and O–H groups in total. The molecule has 3 rings (SSSR count). The first-order valence-corrected chi connectivity index (χ1v) is 9.02. The van der Waals surface area contributed by atoms with Crippen molar-refractivity contribution in [2.75, 3.05) is 33.4 Å². The molecule has 1 aliphatic heterocycles. The smallest absolute Gasteiger partial charge is 0.234 e. The Labute approximate surface area is 148 Å². The van der Waals surface area contributed by atoms with E-state index in [2.05, 4.69) is 5.32 Å². The van der Waals surface area contributed by atoms with E-state index in [0.717, 1.165) is 13.0 Å². The van der Waals surface area contributed by atoms with E-state index >= 15 is 0 Å². The third kappa shape index (κ3) is 5.76. The van der Waals surface area contributed by atoms with Crippen LogP contribution in [-0.2, 0) is 20.8 Å². The molecule has 1 heterocycles. The van der Waals surface area contributed by atoms with E-state index in [9.17, 15) is 9.18 Å². The molecule has 1 amide bonds. The largest absolute Gasteiger partial charge is 0.379 e. The number of amides is 1. The van der Waals surface area contributed by atoms with Gasteiger partial charge in [0.25, 0.3) is 0 Å². The molecule has 2 aliphatic rings. The Morgan fingerprint density at radius 3 is 2.92 bits per heavy atom. The molecule has 5 nitrogen and oxygen atoms in total. The third-order valence-corrected chi connectivity index (χ3v) is 4.71. The van der Waals surface area contributed by atoms with Gasteiger partial charge in [0.1, 0.15) is 11.9 Å². The molecule has 2 atom stereocenters. The van der Waals surface area contributed by atoms with Crippen molar-refractivity contribution in [3.8, 4) is 0 Å². The van der Waals surface area contributed by atoms with Gasteiger partial charge in [-0.05, 0) is 38.3 Å². The third-order valence-electron chi connectivity index (χ3n) is 4.71. The van der Waals surface area contributed by atoms with Crippen molar-refractivity contribution in [2.45, 2.75) is 38.0 Å². The highest BCUT2D eigenvalue weighted by Gasteiger charge is 2.30. The average molecular weight is 350 g/mol. The SMILES string of the molecule is CN(CC(=O)N[C@@H]1CCOC[C@H]1OCC1CC1)Cc1ccccc1F. The molecule has 138 valence electrons. The number of rotatable bonds is 8. The van der Waals surface area contributed by atoms with E-state index < -0.39 is 0 Å². The second-order valence-electron chi connectivity index (χ2n) is 7.12. The van der Waals surface area contributed by atoms with Gasteiger partial charge in [0.05, 0.1) is 19.2 Å². The molecule has 1 saturated carbocycles. The highest BCUT2D eigenvalue weighted by molar-refractivity contribution is 5.78. The van der Waals surface area contributed by atoms with Gasteiger partial charge in [0.2, 0.25) is 5.91 Å². The van der Waals surface area contributed by atoms with Gasteiger partial charge < -0.3 is 14.8 Å². The molecule has 1 saturated heterocycles. The number of likely N-dealkylation sites (N-methyl/N-ethyl adjacent to an activating group) is 1. The second-order valence-corrected chi connectivity index (χ2v) is 7.12. The van der Waals surface area contributed by atoms with E-state index in [1.807, 2.05) is 11.9 Å². The Bertz CT molecular complexity index is 580. The van der Waals surface area contributed by atoms with E-state index in [1.54, 1.807) is 18.2 Å². The minimum absolute atomic E-state index is 0.0122. The topological polar surface area (TPSA) is 50.8 Å². The number of carbonyl (C=O) groups is 1. The predicted molar refractivity (Wildman–Crippen MR) is 92.6 cm³/mol. The summed E-state index contributed by atoms with van der Waals surface area (Å²) in [5, 5.41) is 3.07. The number of benzene rings is 1. The van der Waals surface area contributed by atoms with Crippen LogP contribution in [-0.4, -0.2) is 56.4 Å². The second kappa shape index (κ2) is 8.74. The lowest BCUT2D eigenvalue weighted by atomic mass is 10.1. The van der Waals surface area contributed by atoms with Gasteiger partial charge in [-0.25, -0.2) is 4.39 Å². The van der Waals surface area contributed by atoms with Crippen molar-refractivity contribution in [1.29, 1.82) is 0 Å². The zero-order valence-corrected chi connectivity index (χ0v) is 14.7. The Kier molecular flexibility index (Phi) is 6.39. The lowest BCUT2D eigenvalue weighted by Gasteiger charge is -2.32. The molecule has 1 aromatic carbocycles. The molecule has 0 unspecified atom stereocenters. The van der Waals surface area contributed by atoms with Gasteiger partial charge in [0, 0.05) is 25.3 Å².